The second-order valence-electron chi connectivity index (χ2n) is 26.3. The third-order valence-electron chi connectivity index (χ3n) is 12.3. The topological polar surface area (TPSA) is 121 Å². The van der Waals surface area contributed by atoms with Crippen molar-refractivity contribution in [2.24, 2.45) is 29.6 Å². The van der Waals surface area contributed by atoms with Crippen LogP contribution in [0, 0.1) is 29.6 Å². The van der Waals surface area contributed by atoms with E-state index in [0.717, 1.165) is 46.4 Å². The van der Waals surface area contributed by atoms with Crippen molar-refractivity contribution in [2.75, 3.05) is 0 Å². The minimum atomic E-state index is 0.464. The molecule has 0 unspecified atom stereocenters. The van der Waals surface area contributed by atoms with E-state index < -0.39 is 0 Å². The largest absolute Gasteiger partial charge is 0.282 e. The predicted octanol–water partition coefficient (Wildman–Crippen LogP) is 20.9. The molecule has 2 aliphatic rings. The van der Waals surface area contributed by atoms with Gasteiger partial charge in [-0.05, 0) is 129 Å². The van der Waals surface area contributed by atoms with Gasteiger partial charge in [-0.1, -0.05) is 257 Å². The summed E-state index contributed by atoms with van der Waals surface area (Å²) in [4.78, 5) is 0. The molecule has 0 atom stereocenters. The van der Waals surface area contributed by atoms with Crippen LogP contribution < -0.4 is 4.68 Å². The first kappa shape index (κ1) is 76.9. The number of rotatable bonds is 12. The molecule has 7 rings (SSSR count). The lowest BCUT2D eigenvalue weighted by atomic mass is 10.0. The second kappa shape index (κ2) is 41.8. The van der Waals surface area contributed by atoms with Crippen molar-refractivity contribution in [3.8, 4) is 0 Å². The van der Waals surface area contributed by atoms with Gasteiger partial charge in [0.25, 0.3) is 0 Å². The van der Waals surface area contributed by atoms with Crippen LogP contribution in [0.2, 0.25) is 0 Å². The first-order valence-electron chi connectivity index (χ1n) is 30.9. The molecule has 454 valence electrons. The third kappa shape index (κ3) is 34.9. The molecule has 3 N–H and O–H groups in total. The fraction of sp³-hybridized carbons (Fsp3) is 0.657. The van der Waals surface area contributed by atoms with E-state index in [9.17, 15) is 0 Å². The average Bonchev–Trinajstić information content (AvgIpc) is 4.23. The summed E-state index contributed by atoms with van der Waals surface area (Å²) in [5.41, 5.74) is 13.0. The summed E-state index contributed by atoms with van der Waals surface area (Å²) in [6.45, 7) is 65.2. The molecule has 0 saturated heterocycles. The molecule has 0 amide bonds. The van der Waals surface area contributed by atoms with Gasteiger partial charge in [0.2, 0.25) is 5.69 Å². The molecule has 80 heavy (non-hydrogen) atoms. The maximum Gasteiger partial charge on any atom is 0.220 e. The molecular weight excluding hydrogens is 981 g/mol. The molecule has 10 heteroatoms. The molecule has 0 saturated carbocycles. The fourth-order valence-corrected chi connectivity index (χ4v) is 6.95. The SMILES string of the molecule is CC(C)C.CC(C)C.CC(C)C1=CC=CC1.CC(C)C1=CCC(C(C)C)=C1.CC(C)c1c[n+](C(C)C)[nH]n1.CC(C)c1cc(C(C)C)[nH]n1.CC(C)c1ccccc1.CC(C)c1ccn(C(C)C)n1.CC(C)c1n[nH]nc1C(C)C. The number of hydrogen-bond donors (Lipinski definition) is 3. The van der Waals surface area contributed by atoms with Crippen LogP contribution in [0.1, 0.15) is 314 Å². The van der Waals surface area contributed by atoms with Gasteiger partial charge in [0.1, 0.15) is 6.04 Å². The Labute approximate surface area is 493 Å². The molecule has 2 aliphatic carbocycles. The lowest BCUT2D eigenvalue weighted by molar-refractivity contribution is -0.771. The van der Waals surface area contributed by atoms with E-state index in [1.165, 1.54) is 35.4 Å². The van der Waals surface area contributed by atoms with Gasteiger partial charge in [0.15, 0.2) is 6.20 Å². The minimum Gasteiger partial charge on any atom is -0.282 e. The number of nitrogens with one attached hydrogen (secondary N) is 3. The van der Waals surface area contributed by atoms with E-state index in [0.29, 0.717) is 59.4 Å². The lowest BCUT2D eigenvalue weighted by Gasteiger charge is -2.04. The highest BCUT2D eigenvalue weighted by atomic mass is 15.4. The van der Waals surface area contributed by atoms with E-state index in [1.807, 2.05) is 21.6 Å². The molecule has 0 bridgehead atoms. The Morgan fingerprint density at radius 3 is 1.23 bits per heavy atom. The zero-order chi connectivity index (χ0) is 62.0. The molecule has 0 spiro atoms. The van der Waals surface area contributed by atoms with Crippen molar-refractivity contribution in [2.45, 2.75) is 274 Å². The van der Waals surface area contributed by atoms with E-state index in [1.54, 1.807) is 11.1 Å². The Morgan fingerprint density at radius 1 is 0.475 bits per heavy atom. The van der Waals surface area contributed by atoms with Crippen LogP contribution in [0.3, 0.4) is 0 Å². The van der Waals surface area contributed by atoms with Gasteiger partial charge in [-0.2, -0.15) is 30.3 Å². The van der Waals surface area contributed by atoms with Gasteiger partial charge in [0.05, 0.1) is 22.8 Å². The summed E-state index contributed by atoms with van der Waals surface area (Å²) in [6, 6.07) is 15.7. The molecule has 0 aliphatic heterocycles. The molecule has 1 aromatic carbocycles. The maximum atomic E-state index is 4.43. The van der Waals surface area contributed by atoms with Crippen LogP contribution in [0.25, 0.3) is 0 Å². The number of benzene rings is 1. The molecule has 10 nitrogen and oxygen atoms in total. The van der Waals surface area contributed by atoms with Crippen molar-refractivity contribution in [3.63, 3.8) is 0 Å². The van der Waals surface area contributed by atoms with Crippen molar-refractivity contribution in [1.29, 1.82) is 0 Å². The molecule has 4 aromatic heterocycles. The highest BCUT2D eigenvalue weighted by molar-refractivity contribution is 5.34. The highest BCUT2D eigenvalue weighted by Crippen LogP contribution is 2.28. The first-order chi connectivity index (χ1) is 37.1. The molecule has 0 fully saturated rings. The summed E-state index contributed by atoms with van der Waals surface area (Å²) in [5, 5.41) is 29.7. The summed E-state index contributed by atoms with van der Waals surface area (Å²) in [7, 11) is 0. The van der Waals surface area contributed by atoms with Gasteiger partial charge < -0.3 is 0 Å². The van der Waals surface area contributed by atoms with Crippen LogP contribution in [0.4, 0.5) is 0 Å². The molecule has 4 heterocycles. The van der Waals surface area contributed by atoms with Crippen molar-refractivity contribution >= 4 is 0 Å². The Balaban J connectivity index is 0. The summed E-state index contributed by atoms with van der Waals surface area (Å²) < 4.78 is 4.00. The van der Waals surface area contributed by atoms with Gasteiger partial charge in [-0.15, -0.1) is 0 Å². The van der Waals surface area contributed by atoms with Crippen LogP contribution in [0.15, 0.2) is 102 Å². The van der Waals surface area contributed by atoms with Crippen molar-refractivity contribution < 1.29 is 4.68 Å². The summed E-state index contributed by atoms with van der Waals surface area (Å²) >= 11 is 0. The molecule has 0 radical (unpaired) electrons. The smallest absolute Gasteiger partial charge is 0.220 e. The number of allylic oxidation sites excluding steroid dienone is 8. The number of H-pyrrole nitrogens is 3. The summed E-state index contributed by atoms with van der Waals surface area (Å²) in [6.07, 6.45) is 17.8. The molecule has 5 aromatic rings. The number of aromatic nitrogens is 10. The lowest BCUT2D eigenvalue weighted by Crippen LogP contribution is -2.37. The Morgan fingerprint density at radius 2 is 0.975 bits per heavy atom. The predicted molar refractivity (Wildman–Crippen MR) is 350 cm³/mol. The van der Waals surface area contributed by atoms with Crippen LogP contribution in [-0.2, 0) is 0 Å². The standard InChI is InChI=1S/C11H18.2C9H16N2.C9H12.2C8H15N3.C8H12.2C4H10/c1-8(2)10-5-6-11(7-10)9(3)4;1-7(2)9-5-6-11(10-9)8(3)4;1-6(2)8-5-9(7(3)4)11-10-8;1-8(2)9-6-4-3-5-7-9;1-6(2)8-5-11(7(3)4)10-9-8;1-5(2)7-8(6(3)4)10-11-9-7;1-7(2)8-5-3-4-6-8;2*1-4(2)3/h5,7-9H,6H2,1-4H3;5-8H,1-4H3;5-7H,1-4H3,(H,10,11);3-8H,1-2H3;5-7H,1-4H3;5-6H,1-4H3,(H,9,10,11);3-5,7H,6H2,1-2H3;2*4H,1-3H3/p+1. The van der Waals surface area contributed by atoms with Gasteiger partial charge in [0, 0.05) is 28.9 Å². The maximum absolute atomic E-state index is 4.43. The normalized spacial score (nSPS) is 12.5. The van der Waals surface area contributed by atoms with Crippen molar-refractivity contribution in [3.05, 3.63) is 142 Å². The van der Waals surface area contributed by atoms with Crippen LogP contribution in [0.5, 0.6) is 0 Å². The summed E-state index contributed by atoms with van der Waals surface area (Å²) in [5.74, 6) is 7.54. The Hall–Kier alpha value is -5.12. The molecular formula is C70H125N10+. The van der Waals surface area contributed by atoms with Crippen molar-refractivity contribution in [1.82, 2.24) is 45.7 Å². The van der Waals surface area contributed by atoms with Gasteiger partial charge in [-0.25, -0.2) is 0 Å². The van der Waals surface area contributed by atoms with E-state index in [2.05, 4.69) is 322 Å². The van der Waals surface area contributed by atoms with E-state index in [4.69, 9.17) is 0 Å². The van der Waals surface area contributed by atoms with E-state index in [-0.39, 0.29) is 0 Å². The van der Waals surface area contributed by atoms with Gasteiger partial charge >= 0.3 is 0 Å². The highest BCUT2D eigenvalue weighted by Gasteiger charge is 2.16. The first-order valence-corrected chi connectivity index (χ1v) is 30.9. The van der Waals surface area contributed by atoms with Gasteiger partial charge in [-0.3, -0.25) is 9.78 Å². The van der Waals surface area contributed by atoms with Crippen LogP contribution >= 0.6 is 0 Å². The van der Waals surface area contributed by atoms with E-state index >= 15 is 0 Å². The number of nitrogens with zero attached hydrogens (tertiary/aromatic N) is 7. The number of hydrogen-bond acceptors (Lipinski definition) is 5. The quantitative estimate of drug-likeness (QED) is 0.108. The van der Waals surface area contributed by atoms with Crippen LogP contribution in [-0.4, -0.2) is 45.7 Å². The second-order valence-corrected chi connectivity index (χ2v) is 26.3. The fourth-order valence-electron chi connectivity index (χ4n) is 6.95. The third-order valence-corrected chi connectivity index (χ3v) is 12.3. The zero-order valence-corrected chi connectivity index (χ0v) is 57.2. The monoisotopic (exact) mass is 1110 g/mol. The Bertz CT molecular complexity index is 2180. The Kier molecular flexibility index (Phi) is 40.2. The number of aromatic amines is 3. The average molecular weight is 1110 g/mol. The minimum absolute atomic E-state index is 0.464. The zero-order valence-electron chi connectivity index (χ0n) is 57.2.